The Balaban J connectivity index is 1.69. The molecule has 1 N–H and O–H groups in total. The predicted molar refractivity (Wildman–Crippen MR) is 121 cm³/mol. The molecule has 0 atom stereocenters. The molecule has 0 amide bonds. The first-order chi connectivity index (χ1) is 14.7. The Morgan fingerprint density at radius 2 is 1.93 bits per heavy atom. The molecule has 0 aliphatic carbocycles. The van der Waals surface area contributed by atoms with Gasteiger partial charge in [-0.05, 0) is 30.7 Å². The van der Waals surface area contributed by atoms with Crippen molar-refractivity contribution >= 4 is 34.8 Å². The Morgan fingerprint density at radius 1 is 1.17 bits per heavy atom. The molecule has 0 saturated carbocycles. The number of fused-ring (bicyclic) bond motifs is 1. The molecule has 4 rings (SSSR count). The van der Waals surface area contributed by atoms with Crippen LogP contribution in [-0.4, -0.2) is 46.5 Å². The fraction of sp³-hybridized carbons (Fsp3) is 0.333. The van der Waals surface area contributed by atoms with Gasteiger partial charge in [0.25, 0.3) is 0 Å². The van der Waals surface area contributed by atoms with Gasteiger partial charge in [-0.25, -0.2) is 19.9 Å². The maximum Gasteiger partial charge on any atom is 0.191 e. The van der Waals surface area contributed by atoms with Gasteiger partial charge in [0.1, 0.15) is 17.8 Å². The summed E-state index contributed by atoms with van der Waals surface area (Å²) in [6, 6.07) is 7.96. The lowest BCUT2D eigenvalue weighted by molar-refractivity contribution is 0.415. The van der Waals surface area contributed by atoms with Gasteiger partial charge in [0.2, 0.25) is 0 Å². The average molecular weight is 424 g/mol. The van der Waals surface area contributed by atoms with Crippen molar-refractivity contribution in [3.05, 3.63) is 48.5 Å². The number of anilines is 4. The fourth-order valence-corrected chi connectivity index (χ4v) is 3.93. The summed E-state index contributed by atoms with van der Waals surface area (Å²) in [5.74, 6) is 3.57. The van der Waals surface area contributed by atoms with Gasteiger partial charge in [-0.15, -0.1) is 0 Å². The largest absolute Gasteiger partial charge is 0.497 e. The number of thioether (sulfide) groups is 1. The van der Waals surface area contributed by atoms with Crippen LogP contribution in [-0.2, 0) is 6.54 Å². The highest BCUT2D eigenvalue weighted by atomic mass is 32.2. The van der Waals surface area contributed by atoms with Gasteiger partial charge >= 0.3 is 0 Å². The second-order valence-electron chi connectivity index (χ2n) is 6.91. The molecular weight excluding hydrogens is 398 g/mol. The van der Waals surface area contributed by atoms with Crippen LogP contribution in [0.1, 0.15) is 18.9 Å². The van der Waals surface area contributed by atoms with E-state index < -0.39 is 0 Å². The van der Waals surface area contributed by atoms with Gasteiger partial charge in [-0.1, -0.05) is 18.7 Å². The van der Waals surface area contributed by atoms with E-state index in [1.54, 1.807) is 25.2 Å². The van der Waals surface area contributed by atoms with Crippen molar-refractivity contribution < 1.29 is 4.74 Å². The summed E-state index contributed by atoms with van der Waals surface area (Å²) in [5.41, 5.74) is 3.00. The topological polar surface area (TPSA) is 79.3 Å². The van der Waals surface area contributed by atoms with Crippen LogP contribution in [0.25, 0.3) is 0 Å². The van der Waals surface area contributed by atoms with E-state index in [9.17, 15) is 0 Å². The van der Waals surface area contributed by atoms with E-state index in [0.29, 0.717) is 13.2 Å². The number of methoxy groups -OCH3 is 1. The minimum Gasteiger partial charge on any atom is -0.497 e. The summed E-state index contributed by atoms with van der Waals surface area (Å²) in [7, 11) is 3.69. The molecule has 156 valence electrons. The van der Waals surface area contributed by atoms with Gasteiger partial charge in [0.15, 0.2) is 16.8 Å². The van der Waals surface area contributed by atoms with Crippen molar-refractivity contribution in [3.8, 4) is 5.75 Å². The zero-order valence-corrected chi connectivity index (χ0v) is 18.2. The lowest BCUT2D eigenvalue weighted by Crippen LogP contribution is -2.23. The number of nitrogens with zero attached hydrogens (tertiary/aromatic N) is 6. The molecule has 2 aromatic heterocycles. The summed E-state index contributed by atoms with van der Waals surface area (Å²) < 4.78 is 5.29. The van der Waals surface area contributed by atoms with Crippen LogP contribution in [0.4, 0.5) is 23.0 Å². The number of hydrogen-bond acceptors (Lipinski definition) is 9. The van der Waals surface area contributed by atoms with Crippen LogP contribution in [0.15, 0.2) is 48.1 Å². The van der Waals surface area contributed by atoms with E-state index in [0.717, 1.165) is 51.7 Å². The van der Waals surface area contributed by atoms with Crippen LogP contribution in [0, 0.1) is 0 Å². The molecule has 1 aromatic carbocycles. The second-order valence-corrected chi connectivity index (χ2v) is 7.98. The van der Waals surface area contributed by atoms with E-state index in [2.05, 4.69) is 32.0 Å². The van der Waals surface area contributed by atoms with Gasteiger partial charge < -0.3 is 19.9 Å². The lowest BCUT2D eigenvalue weighted by atomic mass is 10.2. The highest BCUT2D eigenvalue weighted by Crippen LogP contribution is 2.41. The Kier molecular flexibility index (Phi) is 6.18. The normalized spacial score (nSPS) is 12.4. The number of ether oxygens (including phenoxy) is 1. The third kappa shape index (κ3) is 4.25. The van der Waals surface area contributed by atoms with Gasteiger partial charge in [0, 0.05) is 43.0 Å². The molecule has 30 heavy (non-hydrogen) atoms. The van der Waals surface area contributed by atoms with Crippen molar-refractivity contribution in [3.63, 3.8) is 0 Å². The number of benzene rings is 1. The standard InChI is InChI=1S/C21H25N7OS/c1-4-9-30-21-25-19(27(2)16-5-7-17(29-3)8-6-16)18-20(26-21)28(14-24-18)12-15-10-22-13-23-11-15/h5-8,10-11,13,24H,4,9,12,14H2,1-3H3. The van der Waals surface area contributed by atoms with E-state index >= 15 is 0 Å². The minimum absolute atomic E-state index is 0.657. The Bertz CT molecular complexity index is 985. The zero-order chi connectivity index (χ0) is 20.9. The predicted octanol–water partition coefficient (Wildman–Crippen LogP) is 3.93. The quantitative estimate of drug-likeness (QED) is 0.428. The molecule has 0 spiro atoms. The van der Waals surface area contributed by atoms with E-state index in [-0.39, 0.29) is 0 Å². The molecule has 3 aromatic rings. The van der Waals surface area contributed by atoms with Gasteiger partial charge in [-0.2, -0.15) is 0 Å². The highest BCUT2D eigenvalue weighted by Gasteiger charge is 2.27. The summed E-state index contributed by atoms with van der Waals surface area (Å²) in [6.07, 6.45) is 6.29. The summed E-state index contributed by atoms with van der Waals surface area (Å²) in [4.78, 5) is 22.3. The fourth-order valence-electron chi connectivity index (χ4n) is 3.25. The molecular formula is C21H25N7OS. The monoisotopic (exact) mass is 423 g/mol. The van der Waals surface area contributed by atoms with Crippen LogP contribution in [0.3, 0.4) is 0 Å². The molecule has 3 heterocycles. The summed E-state index contributed by atoms with van der Waals surface area (Å²) in [5, 5.41) is 4.26. The van der Waals surface area contributed by atoms with Crippen LogP contribution in [0.2, 0.25) is 0 Å². The summed E-state index contributed by atoms with van der Waals surface area (Å²) >= 11 is 1.68. The smallest absolute Gasteiger partial charge is 0.191 e. The average Bonchev–Trinajstić information content (AvgIpc) is 3.20. The third-order valence-electron chi connectivity index (χ3n) is 4.80. The molecule has 0 bridgehead atoms. The van der Waals surface area contributed by atoms with Gasteiger partial charge in [0.05, 0.1) is 13.8 Å². The van der Waals surface area contributed by atoms with Crippen molar-refractivity contribution in [1.82, 2.24) is 19.9 Å². The highest BCUT2D eigenvalue weighted by molar-refractivity contribution is 7.99. The minimum atomic E-state index is 0.657. The van der Waals surface area contributed by atoms with Crippen molar-refractivity contribution in [2.24, 2.45) is 0 Å². The van der Waals surface area contributed by atoms with Crippen molar-refractivity contribution in [1.29, 1.82) is 0 Å². The maximum absolute atomic E-state index is 5.29. The molecule has 0 radical (unpaired) electrons. The van der Waals surface area contributed by atoms with E-state index in [1.807, 2.05) is 43.7 Å². The van der Waals surface area contributed by atoms with Crippen LogP contribution < -0.4 is 19.9 Å². The third-order valence-corrected chi connectivity index (χ3v) is 5.85. The molecule has 1 aliphatic heterocycles. The van der Waals surface area contributed by atoms with E-state index in [4.69, 9.17) is 14.7 Å². The first kappa shape index (κ1) is 20.2. The first-order valence-corrected chi connectivity index (χ1v) is 10.8. The molecule has 9 heteroatoms. The number of rotatable bonds is 8. The van der Waals surface area contributed by atoms with Crippen LogP contribution in [0.5, 0.6) is 5.75 Å². The number of nitrogens with one attached hydrogen (secondary N) is 1. The van der Waals surface area contributed by atoms with Crippen LogP contribution >= 0.6 is 11.8 Å². The van der Waals surface area contributed by atoms with Crippen molar-refractivity contribution in [2.75, 3.05) is 41.7 Å². The van der Waals surface area contributed by atoms with Gasteiger partial charge in [-0.3, -0.25) is 0 Å². The molecule has 0 saturated heterocycles. The summed E-state index contributed by atoms with van der Waals surface area (Å²) in [6.45, 7) is 3.50. The zero-order valence-electron chi connectivity index (χ0n) is 17.4. The lowest BCUT2D eigenvalue weighted by Gasteiger charge is -2.22. The van der Waals surface area contributed by atoms with E-state index in [1.165, 1.54) is 0 Å². The molecule has 0 fully saturated rings. The SMILES string of the molecule is CCCSc1nc2c(c(N(C)c3ccc(OC)cc3)n1)NCN2Cc1cncnc1. The Hall–Kier alpha value is -3.07. The van der Waals surface area contributed by atoms with Crippen molar-refractivity contribution in [2.45, 2.75) is 25.0 Å². The number of hydrogen-bond donors (Lipinski definition) is 1. The number of aromatic nitrogens is 4. The Labute approximate surface area is 180 Å². The Morgan fingerprint density at radius 3 is 2.63 bits per heavy atom. The first-order valence-electron chi connectivity index (χ1n) is 9.85. The molecule has 8 nitrogen and oxygen atoms in total. The molecule has 1 aliphatic rings. The maximum atomic E-state index is 5.29. The molecule has 0 unspecified atom stereocenters. The second kappa shape index (κ2) is 9.17.